The number of unbranched alkanes of at least 4 members (excludes halogenated alkanes) is 30. The van der Waals surface area contributed by atoms with Crippen LogP contribution >= 0.6 is 0 Å². The first-order valence-corrected chi connectivity index (χ1v) is 26.6. The SMILES string of the molecule is CC(C)CCCCCCCCCCCCCCCCCCC(=O)O[C@@H](COC(=O)CCCCCCCCCCCCC(C)C)COC(=O)CCCCCCCCCC(C)C. The fourth-order valence-corrected chi connectivity index (χ4v) is 8.12. The Labute approximate surface area is 374 Å². The van der Waals surface area contributed by atoms with E-state index >= 15 is 0 Å². The van der Waals surface area contributed by atoms with Crippen molar-refractivity contribution in [2.75, 3.05) is 13.2 Å². The van der Waals surface area contributed by atoms with Crippen LogP contribution < -0.4 is 0 Å². The quantitative estimate of drug-likeness (QED) is 0.0345. The lowest BCUT2D eigenvalue weighted by atomic mass is 10.0. The highest BCUT2D eigenvalue weighted by Crippen LogP contribution is 2.18. The highest BCUT2D eigenvalue weighted by molar-refractivity contribution is 5.71. The summed E-state index contributed by atoms with van der Waals surface area (Å²) in [5, 5.41) is 0. The molecule has 0 unspecified atom stereocenters. The van der Waals surface area contributed by atoms with E-state index in [-0.39, 0.29) is 31.1 Å². The minimum atomic E-state index is -0.763. The van der Waals surface area contributed by atoms with Gasteiger partial charge < -0.3 is 14.2 Å². The molecule has 0 saturated carbocycles. The Hall–Kier alpha value is -1.59. The van der Waals surface area contributed by atoms with Crippen LogP contribution in [0.3, 0.4) is 0 Å². The summed E-state index contributed by atoms with van der Waals surface area (Å²) in [6, 6.07) is 0. The Kier molecular flexibility index (Phi) is 44.2. The molecule has 0 aliphatic rings. The average Bonchev–Trinajstić information content (AvgIpc) is 3.20. The van der Waals surface area contributed by atoms with Crippen molar-refractivity contribution in [3.05, 3.63) is 0 Å². The Bertz CT molecular complexity index is 929. The highest BCUT2D eigenvalue weighted by atomic mass is 16.6. The maximum atomic E-state index is 12.8. The van der Waals surface area contributed by atoms with Crippen LogP contribution in [-0.2, 0) is 28.6 Å². The second-order valence-corrected chi connectivity index (χ2v) is 19.9. The largest absolute Gasteiger partial charge is 0.462 e. The Morgan fingerprint density at radius 2 is 0.483 bits per heavy atom. The third kappa shape index (κ3) is 47.5. The fraction of sp³-hybridized carbons (Fsp3) is 0.944. The summed E-state index contributed by atoms with van der Waals surface area (Å²) in [5.41, 5.74) is 0. The van der Waals surface area contributed by atoms with E-state index in [1.807, 2.05) is 0 Å². The first kappa shape index (κ1) is 58.4. The molecule has 0 aliphatic heterocycles. The summed E-state index contributed by atoms with van der Waals surface area (Å²) in [6.45, 7) is 13.7. The van der Waals surface area contributed by atoms with Gasteiger partial charge in [0.1, 0.15) is 13.2 Å². The molecular weight excluding hydrogens is 745 g/mol. The maximum absolute atomic E-state index is 12.8. The molecule has 0 heterocycles. The van der Waals surface area contributed by atoms with Gasteiger partial charge in [0.25, 0.3) is 0 Å². The molecule has 0 spiro atoms. The van der Waals surface area contributed by atoms with E-state index in [9.17, 15) is 14.4 Å². The maximum Gasteiger partial charge on any atom is 0.306 e. The van der Waals surface area contributed by atoms with Crippen molar-refractivity contribution >= 4 is 17.9 Å². The second kappa shape index (κ2) is 45.4. The van der Waals surface area contributed by atoms with Gasteiger partial charge in [0.15, 0.2) is 6.10 Å². The average molecular weight is 849 g/mol. The molecule has 0 amide bonds. The van der Waals surface area contributed by atoms with E-state index in [1.165, 1.54) is 173 Å². The molecule has 0 aliphatic carbocycles. The molecular formula is C54H104O6. The lowest BCUT2D eigenvalue weighted by Crippen LogP contribution is -2.30. The van der Waals surface area contributed by atoms with Gasteiger partial charge >= 0.3 is 17.9 Å². The molecule has 0 bridgehead atoms. The monoisotopic (exact) mass is 849 g/mol. The number of carbonyl (C=O) groups is 3. The topological polar surface area (TPSA) is 78.9 Å². The molecule has 0 N–H and O–H groups in total. The van der Waals surface area contributed by atoms with Crippen molar-refractivity contribution in [2.45, 2.75) is 298 Å². The van der Waals surface area contributed by atoms with Crippen molar-refractivity contribution in [2.24, 2.45) is 17.8 Å². The predicted octanol–water partition coefficient (Wildman–Crippen LogP) is 17.2. The molecule has 356 valence electrons. The van der Waals surface area contributed by atoms with Crippen molar-refractivity contribution in [1.29, 1.82) is 0 Å². The molecule has 6 nitrogen and oxygen atoms in total. The second-order valence-electron chi connectivity index (χ2n) is 19.9. The minimum absolute atomic E-state index is 0.0651. The summed E-state index contributed by atoms with van der Waals surface area (Å²) < 4.78 is 16.8. The van der Waals surface area contributed by atoms with E-state index in [0.29, 0.717) is 19.3 Å². The third-order valence-corrected chi connectivity index (χ3v) is 12.1. The zero-order chi connectivity index (χ0) is 44.2. The Morgan fingerprint density at radius 3 is 0.717 bits per heavy atom. The first-order chi connectivity index (χ1) is 29.1. The smallest absolute Gasteiger partial charge is 0.306 e. The van der Waals surface area contributed by atoms with E-state index in [2.05, 4.69) is 41.5 Å². The molecule has 0 aromatic carbocycles. The van der Waals surface area contributed by atoms with Crippen molar-refractivity contribution in [3.8, 4) is 0 Å². The number of esters is 3. The number of ether oxygens (including phenoxy) is 3. The number of rotatable bonds is 47. The normalized spacial score (nSPS) is 12.2. The Balaban J connectivity index is 4.26. The molecule has 0 radical (unpaired) electrons. The number of carbonyl (C=O) groups excluding carboxylic acids is 3. The van der Waals surface area contributed by atoms with E-state index in [1.54, 1.807) is 0 Å². The van der Waals surface area contributed by atoms with Gasteiger partial charge in [-0.3, -0.25) is 14.4 Å². The number of hydrogen-bond donors (Lipinski definition) is 0. The standard InChI is InChI=1S/C54H104O6/c1-48(2)40-34-28-22-17-13-11-9-7-8-10-12-14-20-26-33-39-45-54(57)60-51(47-59-53(56)44-38-32-27-21-24-30-36-42-50(5)6)46-58-52(55)43-37-31-25-19-16-15-18-23-29-35-41-49(3)4/h48-51H,7-47H2,1-6H3/t51-/m0/s1. The summed E-state index contributed by atoms with van der Waals surface area (Å²) in [6.07, 6.45) is 45.3. The zero-order valence-electron chi connectivity index (χ0n) is 41.3. The van der Waals surface area contributed by atoms with Gasteiger partial charge in [-0.15, -0.1) is 0 Å². The Morgan fingerprint density at radius 1 is 0.283 bits per heavy atom. The predicted molar refractivity (Wildman–Crippen MR) is 256 cm³/mol. The molecule has 0 rings (SSSR count). The summed E-state index contributed by atoms with van der Waals surface area (Å²) in [4.78, 5) is 37.9. The van der Waals surface area contributed by atoms with Crippen LogP contribution in [0.2, 0.25) is 0 Å². The number of hydrogen-bond acceptors (Lipinski definition) is 6. The molecule has 0 aromatic rings. The summed E-state index contributed by atoms with van der Waals surface area (Å²) in [5.74, 6) is 1.60. The van der Waals surface area contributed by atoms with Crippen LogP contribution in [0, 0.1) is 17.8 Å². The molecule has 1 atom stereocenters. The van der Waals surface area contributed by atoms with Crippen molar-refractivity contribution in [1.82, 2.24) is 0 Å². The van der Waals surface area contributed by atoms with Gasteiger partial charge in [-0.25, -0.2) is 0 Å². The summed E-state index contributed by atoms with van der Waals surface area (Å²) >= 11 is 0. The van der Waals surface area contributed by atoms with Crippen LogP contribution in [0.15, 0.2) is 0 Å². The third-order valence-electron chi connectivity index (χ3n) is 12.1. The van der Waals surface area contributed by atoms with Crippen molar-refractivity contribution < 1.29 is 28.6 Å². The first-order valence-electron chi connectivity index (χ1n) is 26.6. The molecule has 60 heavy (non-hydrogen) atoms. The van der Waals surface area contributed by atoms with E-state index in [0.717, 1.165) is 75.5 Å². The van der Waals surface area contributed by atoms with Gasteiger partial charge in [-0.2, -0.15) is 0 Å². The summed E-state index contributed by atoms with van der Waals surface area (Å²) in [7, 11) is 0. The van der Waals surface area contributed by atoms with Crippen LogP contribution in [0.1, 0.15) is 292 Å². The lowest BCUT2D eigenvalue weighted by molar-refractivity contribution is -0.167. The van der Waals surface area contributed by atoms with Gasteiger partial charge in [0.2, 0.25) is 0 Å². The van der Waals surface area contributed by atoms with Gasteiger partial charge in [-0.05, 0) is 37.0 Å². The van der Waals surface area contributed by atoms with Crippen LogP contribution in [0.25, 0.3) is 0 Å². The van der Waals surface area contributed by atoms with Gasteiger partial charge in [-0.1, -0.05) is 253 Å². The van der Waals surface area contributed by atoms with Gasteiger partial charge in [0.05, 0.1) is 0 Å². The van der Waals surface area contributed by atoms with E-state index < -0.39 is 6.10 Å². The van der Waals surface area contributed by atoms with Crippen LogP contribution in [-0.4, -0.2) is 37.2 Å². The molecule has 0 saturated heterocycles. The molecule has 0 fully saturated rings. The van der Waals surface area contributed by atoms with Crippen molar-refractivity contribution in [3.63, 3.8) is 0 Å². The van der Waals surface area contributed by atoms with Crippen LogP contribution in [0.5, 0.6) is 0 Å². The molecule has 6 heteroatoms. The van der Waals surface area contributed by atoms with E-state index in [4.69, 9.17) is 14.2 Å². The zero-order valence-corrected chi connectivity index (χ0v) is 41.3. The highest BCUT2D eigenvalue weighted by Gasteiger charge is 2.19. The lowest BCUT2D eigenvalue weighted by Gasteiger charge is -2.18. The molecule has 0 aromatic heterocycles. The fourth-order valence-electron chi connectivity index (χ4n) is 8.12. The minimum Gasteiger partial charge on any atom is -0.462 e. The van der Waals surface area contributed by atoms with Crippen LogP contribution in [0.4, 0.5) is 0 Å². The van der Waals surface area contributed by atoms with Gasteiger partial charge in [0, 0.05) is 19.3 Å².